The minimum absolute atomic E-state index is 0.0186. The fourth-order valence-corrected chi connectivity index (χ4v) is 6.26. The lowest BCUT2D eigenvalue weighted by Crippen LogP contribution is -2.49. The maximum atomic E-state index is 14.2. The van der Waals surface area contributed by atoms with Gasteiger partial charge in [0, 0.05) is 44.0 Å². The maximum Gasteiger partial charge on any atom is 0.242 e. The predicted molar refractivity (Wildman–Crippen MR) is 159 cm³/mol. The predicted octanol–water partition coefficient (Wildman–Crippen LogP) is 4.49. The zero-order valence-electron chi connectivity index (χ0n) is 24.7. The second kappa shape index (κ2) is 14.6. The number of aryl methyl sites for hydroxylation is 1. The van der Waals surface area contributed by atoms with Gasteiger partial charge in [-0.05, 0) is 81.0 Å². The van der Waals surface area contributed by atoms with Crippen LogP contribution in [0.2, 0.25) is 0 Å². The summed E-state index contributed by atoms with van der Waals surface area (Å²) in [5.41, 5.74) is 1.32. The molecule has 2 N–H and O–H groups in total. The van der Waals surface area contributed by atoms with Crippen LogP contribution in [-0.2, 0) is 32.1 Å². The van der Waals surface area contributed by atoms with Crippen molar-refractivity contribution in [3.8, 4) is 5.75 Å². The zero-order valence-corrected chi connectivity index (χ0v) is 24.7. The number of carbonyl (C=O) groups is 4. The summed E-state index contributed by atoms with van der Waals surface area (Å²) in [5.74, 6) is -1.13. The van der Waals surface area contributed by atoms with E-state index in [1.54, 1.807) is 18.2 Å². The number of rotatable bonds is 6. The molecule has 3 amide bonds. The Labute approximate surface area is 252 Å². The minimum Gasteiger partial charge on any atom is -0.494 e. The maximum absolute atomic E-state index is 14.2. The summed E-state index contributed by atoms with van der Waals surface area (Å²) >= 11 is 0. The molecule has 9 heteroatoms. The van der Waals surface area contributed by atoms with Crippen molar-refractivity contribution in [3.63, 3.8) is 0 Å². The van der Waals surface area contributed by atoms with E-state index in [9.17, 15) is 23.6 Å². The molecule has 1 unspecified atom stereocenters. The monoisotopic (exact) mass is 591 g/mol. The molecule has 3 atom stereocenters. The average Bonchev–Trinajstić information content (AvgIpc) is 3.73. The van der Waals surface area contributed by atoms with Crippen LogP contribution < -0.4 is 15.4 Å². The number of nitrogens with zero attached hydrogens (tertiary/aromatic N) is 1. The number of ether oxygens (including phenoxy) is 1. The molecule has 2 aliphatic heterocycles. The normalized spacial score (nSPS) is 23.7. The third-order valence-corrected chi connectivity index (χ3v) is 8.84. The molecular weight excluding hydrogens is 549 g/mol. The van der Waals surface area contributed by atoms with Crippen LogP contribution in [0.5, 0.6) is 5.75 Å². The number of amides is 3. The van der Waals surface area contributed by atoms with Crippen molar-refractivity contribution in [2.75, 3.05) is 13.2 Å². The molecule has 1 aliphatic carbocycles. The first kappa shape index (κ1) is 30.7. The number of Topliss-reactive ketones (excluding diaryl/α,β-unsaturated/α-hetero) is 1. The highest BCUT2D eigenvalue weighted by Gasteiger charge is 2.41. The van der Waals surface area contributed by atoms with Gasteiger partial charge in [-0.3, -0.25) is 19.2 Å². The third kappa shape index (κ3) is 8.65. The summed E-state index contributed by atoms with van der Waals surface area (Å²) in [6, 6.07) is 13.2. The van der Waals surface area contributed by atoms with Gasteiger partial charge in [0.05, 0.1) is 12.5 Å². The van der Waals surface area contributed by atoms with Gasteiger partial charge in [0.1, 0.15) is 23.4 Å². The van der Waals surface area contributed by atoms with Gasteiger partial charge >= 0.3 is 0 Å². The number of halogens is 1. The van der Waals surface area contributed by atoms with Gasteiger partial charge in [0.15, 0.2) is 0 Å². The lowest BCUT2D eigenvalue weighted by atomic mass is 9.93. The molecular formula is C34H42FN3O5. The first-order valence-electron chi connectivity index (χ1n) is 15.7. The summed E-state index contributed by atoms with van der Waals surface area (Å²) in [6.45, 7) is 1.10. The Hall–Kier alpha value is -3.75. The molecule has 2 aromatic rings. The van der Waals surface area contributed by atoms with Crippen LogP contribution >= 0.6 is 0 Å². The highest BCUT2D eigenvalue weighted by atomic mass is 19.1. The van der Waals surface area contributed by atoms with E-state index in [1.807, 2.05) is 29.2 Å². The topological polar surface area (TPSA) is 105 Å². The lowest BCUT2D eigenvalue weighted by molar-refractivity contribution is -0.139. The lowest BCUT2D eigenvalue weighted by Gasteiger charge is -2.27. The van der Waals surface area contributed by atoms with Gasteiger partial charge in [-0.25, -0.2) is 4.39 Å². The van der Waals surface area contributed by atoms with E-state index in [4.69, 9.17) is 4.74 Å². The number of nitrogens with one attached hydrogen (secondary N) is 2. The van der Waals surface area contributed by atoms with Crippen LogP contribution in [0.4, 0.5) is 4.39 Å². The summed E-state index contributed by atoms with van der Waals surface area (Å²) in [5, 5.41) is 5.61. The molecule has 230 valence electrons. The molecule has 3 aliphatic rings. The molecule has 0 radical (unpaired) electrons. The molecule has 8 nitrogen and oxygen atoms in total. The van der Waals surface area contributed by atoms with E-state index in [-0.39, 0.29) is 43.5 Å². The van der Waals surface area contributed by atoms with E-state index in [1.165, 1.54) is 6.07 Å². The van der Waals surface area contributed by atoms with E-state index >= 15 is 0 Å². The number of carbonyl (C=O) groups excluding carboxylic acids is 4. The Balaban J connectivity index is 1.32. The molecule has 1 saturated heterocycles. The molecule has 2 bridgehead atoms. The van der Waals surface area contributed by atoms with Gasteiger partial charge in [0.25, 0.3) is 0 Å². The van der Waals surface area contributed by atoms with E-state index in [2.05, 4.69) is 10.6 Å². The van der Waals surface area contributed by atoms with Crippen LogP contribution in [0.1, 0.15) is 75.3 Å². The number of benzene rings is 2. The summed E-state index contributed by atoms with van der Waals surface area (Å²) < 4.78 is 20.1. The number of likely N-dealkylation sites (tertiary alicyclic amines) is 1. The van der Waals surface area contributed by atoms with Crippen LogP contribution in [0.3, 0.4) is 0 Å². The quantitative estimate of drug-likeness (QED) is 0.515. The zero-order chi connectivity index (χ0) is 30.2. The van der Waals surface area contributed by atoms with Crippen molar-refractivity contribution in [2.24, 2.45) is 11.8 Å². The van der Waals surface area contributed by atoms with Gasteiger partial charge in [-0.1, -0.05) is 30.3 Å². The Bertz CT molecular complexity index is 1310. The van der Waals surface area contributed by atoms with E-state index < -0.39 is 29.6 Å². The molecule has 0 spiro atoms. The van der Waals surface area contributed by atoms with Crippen molar-refractivity contribution < 1.29 is 28.3 Å². The van der Waals surface area contributed by atoms with Crippen LogP contribution in [0, 0.1) is 17.7 Å². The van der Waals surface area contributed by atoms with Crippen LogP contribution in [0.15, 0.2) is 48.5 Å². The third-order valence-electron chi connectivity index (χ3n) is 8.84. The number of fused-ring (bicyclic) bond motifs is 2. The molecule has 2 fully saturated rings. The standard InChI is InChI=1S/C34H42FN3O5/c35-29-10-2-1-8-25(29)22-36-34(42)30-11-3-4-18-43-28-9-5-7-23(19-28)13-16-27(39)20-26(33(41)37-30)21-32(40)38-17-6-12-31(38)24-14-15-24/h1-2,5,7-10,19,24,26,30-31H,3-4,6,11-18,20-22H2,(H,36,42)(H,37,41)/t26-,30-,31?/m0/s1. The number of hydrogen-bond donors (Lipinski definition) is 2. The summed E-state index contributed by atoms with van der Waals surface area (Å²) in [7, 11) is 0. The largest absolute Gasteiger partial charge is 0.494 e. The SMILES string of the molecule is O=C1CCc2cccc(c2)OCCCC[C@@H](C(=O)NCc2ccccc2F)NC(=O)[C@H](CC(=O)N2CCCC2C2CC2)C1. The Morgan fingerprint density at radius 3 is 2.63 bits per heavy atom. The summed E-state index contributed by atoms with van der Waals surface area (Å²) in [6.07, 6.45) is 6.41. The molecule has 0 aromatic heterocycles. The molecule has 5 rings (SSSR count). The first-order chi connectivity index (χ1) is 20.9. The summed E-state index contributed by atoms with van der Waals surface area (Å²) in [4.78, 5) is 55.6. The molecule has 43 heavy (non-hydrogen) atoms. The van der Waals surface area contributed by atoms with Crippen molar-refractivity contribution >= 4 is 23.5 Å². The van der Waals surface area contributed by atoms with Gasteiger partial charge in [0.2, 0.25) is 17.7 Å². The van der Waals surface area contributed by atoms with E-state index in [0.29, 0.717) is 50.3 Å². The van der Waals surface area contributed by atoms with Crippen LogP contribution in [0.25, 0.3) is 0 Å². The first-order valence-corrected chi connectivity index (χ1v) is 15.7. The fraction of sp³-hybridized carbons (Fsp3) is 0.529. The van der Waals surface area contributed by atoms with Crippen molar-refractivity contribution in [1.29, 1.82) is 0 Å². The number of hydrogen-bond acceptors (Lipinski definition) is 5. The smallest absolute Gasteiger partial charge is 0.242 e. The van der Waals surface area contributed by atoms with Crippen molar-refractivity contribution in [1.82, 2.24) is 15.5 Å². The second-order valence-corrected chi connectivity index (χ2v) is 12.1. The highest BCUT2D eigenvalue weighted by molar-refractivity contribution is 5.93. The van der Waals surface area contributed by atoms with E-state index in [0.717, 1.165) is 37.0 Å². The van der Waals surface area contributed by atoms with Crippen LogP contribution in [-0.4, -0.2) is 53.6 Å². The van der Waals surface area contributed by atoms with Gasteiger partial charge in [-0.15, -0.1) is 0 Å². The average molecular weight is 592 g/mol. The molecule has 1 saturated carbocycles. The molecule has 2 aromatic carbocycles. The highest BCUT2D eigenvalue weighted by Crippen LogP contribution is 2.40. The second-order valence-electron chi connectivity index (χ2n) is 12.1. The van der Waals surface area contributed by atoms with Gasteiger partial charge in [-0.2, -0.15) is 0 Å². The Morgan fingerprint density at radius 2 is 1.81 bits per heavy atom. The minimum atomic E-state index is -0.894. The van der Waals surface area contributed by atoms with Crippen molar-refractivity contribution in [2.45, 2.75) is 89.3 Å². The van der Waals surface area contributed by atoms with Crippen molar-refractivity contribution in [3.05, 3.63) is 65.5 Å². The Kier molecular flexibility index (Phi) is 10.4. The Morgan fingerprint density at radius 1 is 0.977 bits per heavy atom. The molecule has 2 heterocycles. The number of ketones is 1. The fourth-order valence-electron chi connectivity index (χ4n) is 6.26. The van der Waals surface area contributed by atoms with Gasteiger partial charge < -0.3 is 20.3 Å².